The summed E-state index contributed by atoms with van der Waals surface area (Å²) in [6.07, 6.45) is 6.01. The van der Waals surface area contributed by atoms with Crippen molar-refractivity contribution in [3.63, 3.8) is 0 Å². The molecule has 0 bridgehead atoms. The molecule has 1 aromatic rings. The number of guanidine groups is 1. The van der Waals surface area contributed by atoms with Crippen LogP contribution in [-0.4, -0.2) is 23.8 Å². The highest BCUT2D eigenvalue weighted by Gasteiger charge is 2.53. The van der Waals surface area contributed by atoms with E-state index in [1.165, 1.54) is 30.2 Å². The van der Waals surface area contributed by atoms with E-state index in [0.717, 1.165) is 24.3 Å². The van der Waals surface area contributed by atoms with Crippen LogP contribution in [0.3, 0.4) is 0 Å². The van der Waals surface area contributed by atoms with Gasteiger partial charge in [0, 0.05) is 12.6 Å². The van der Waals surface area contributed by atoms with Crippen molar-refractivity contribution in [3.05, 3.63) is 35.1 Å². The number of benzene rings is 1. The molecule has 1 amide bonds. The predicted molar refractivity (Wildman–Crippen MR) is 97.6 cm³/mol. The molecule has 1 aliphatic carbocycles. The molecule has 1 heterocycles. The smallest absolute Gasteiger partial charge is 0.237 e. The van der Waals surface area contributed by atoms with Crippen molar-refractivity contribution in [1.29, 1.82) is 0 Å². The van der Waals surface area contributed by atoms with Gasteiger partial charge in [-0.05, 0) is 51.2 Å². The van der Waals surface area contributed by atoms with Crippen LogP contribution in [0.25, 0.3) is 0 Å². The molecule has 1 fully saturated rings. The van der Waals surface area contributed by atoms with Crippen molar-refractivity contribution in [1.82, 2.24) is 4.90 Å². The van der Waals surface area contributed by atoms with E-state index < -0.39 is 11.0 Å². The minimum Gasteiger partial charge on any atom is -0.369 e. The highest BCUT2D eigenvalue weighted by Crippen LogP contribution is 2.47. The van der Waals surface area contributed by atoms with E-state index in [-0.39, 0.29) is 17.7 Å². The SMILES string of the molecule is CN1C(=O)C(C)(C)[C@@](C)(c2cc(CCC3CCC3)ccc2F)N=C1N. The van der Waals surface area contributed by atoms with E-state index in [1.807, 2.05) is 26.0 Å². The van der Waals surface area contributed by atoms with Crippen molar-refractivity contribution < 1.29 is 9.18 Å². The Hall–Kier alpha value is -1.91. The van der Waals surface area contributed by atoms with E-state index in [0.29, 0.717) is 5.56 Å². The Kier molecular flexibility index (Phi) is 4.38. The molecular weight excluding hydrogens is 317 g/mol. The second-order valence-electron chi connectivity index (χ2n) is 8.18. The Balaban J connectivity index is 1.99. The third-order valence-electron chi connectivity index (χ3n) is 6.36. The van der Waals surface area contributed by atoms with Gasteiger partial charge in [0.2, 0.25) is 5.91 Å². The van der Waals surface area contributed by atoms with Gasteiger partial charge < -0.3 is 5.73 Å². The Bertz CT molecular complexity index is 724. The summed E-state index contributed by atoms with van der Waals surface area (Å²) in [7, 11) is 1.61. The lowest BCUT2D eigenvalue weighted by Gasteiger charge is -2.46. The molecule has 0 radical (unpaired) electrons. The van der Waals surface area contributed by atoms with Gasteiger partial charge in [-0.3, -0.25) is 9.69 Å². The molecule has 0 unspecified atom stereocenters. The topological polar surface area (TPSA) is 58.7 Å². The predicted octanol–water partition coefficient (Wildman–Crippen LogP) is 3.59. The van der Waals surface area contributed by atoms with Crippen molar-refractivity contribution in [2.24, 2.45) is 22.1 Å². The number of carbonyl (C=O) groups excluding carboxylic acids is 1. The molecule has 136 valence electrons. The molecule has 1 aliphatic heterocycles. The third kappa shape index (κ3) is 2.83. The van der Waals surface area contributed by atoms with Crippen LogP contribution in [0.1, 0.15) is 57.6 Å². The second-order valence-corrected chi connectivity index (χ2v) is 8.18. The first-order valence-electron chi connectivity index (χ1n) is 9.09. The average Bonchev–Trinajstić information content (AvgIpc) is 2.51. The zero-order chi connectivity index (χ0) is 18.4. The lowest BCUT2D eigenvalue weighted by atomic mass is 9.67. The fourth-order valence-corrected chi connectivity index (χ4v) is 3.83. The maximum absolute atomic E-state index is 14.7. The first kappa shape index (κ1) is 17.9. The molecular formula is C20H28FN3O. The molecule has 5 heteroatoms. The quantitative estimate of drug-likeness (QED) is 0.906. The summed E-state index contributed by atoms with van der Waals surface area (Å²) >= 11 is 0. The maximum atomic E-state index is 14.7. The summed E-state index contributed by atoms with van der Waals surface area (Å²) in [5.74, 6) is 0.448. The molecule has 0 aromatic heterocycles. The number of hydrogen-bond donors (Lipinski definition) is 1. The van der Waals surface area contributed by atoms with Gasteiger partial charge in [-0.1, -0.05) is 31.4 Å². The van der Waals surface area contributed by atoms with Gasteiger partial charge in [0.15, 0.2) is 5.96 Å². The molecule has 3 rings (SSSR count). The van der Waals surface area contributed by atoms with Crippen molar-refractivity contribution >= 4 is 11.9 Å². The summed E-state index contributed by atoms with van der Waals surface area (Å²) in [4.78, 5) is 18.6. The highest BCUT2D eigenvalue weighted by molar-refractivity contribution is 6.01. The Morgan fingerprint density at radius 1 is 1.32 bits per heavy atom. The third-order valence-corrected chi connectivity index (χ3v) is 6.36. The van der Waals surface area contributed by atoms with Gasteiger partial charge in [0.05, 0.1) is 5.41 Å². The van der Waals surface area contributed by atoms with Crippen LogP contribution in [0.5, 0.6) is 0 Å². The fraction of sp³-hybridized carbons (Fsp3) is 0.600. The molecule has 1 atom stereocenters. The number of aryl methyl sites for hydroxylation is 1. The summed E-state index contributed by atoms with van der Waals surface area (Å²) in [5.41, 5.74) is 5.58. The largest absolute Gasteiger partial charge is 0.369 e. The van der Waals surface area contributed by atoms with Gasteiger partial charge in [-0.25, -0.2) is 9.38 Å². The maximum Gasteiger partial charge on any atom is 0.237 e. The van der Waals surface area contributed by atoms with Gasteiger partial charge in [0.1, 0.15) is 11.4 Å². The number of carbonyl (C=O) groups is 1. The van der Waals surface area contributed by atoms with Crippen molar-refractivity contribution in [3.8, 4) is 0 Å². The van der Waals surface area contributed by atoms with Gasteiger partial charge in [0.25, 0.3) is 0 Å². The minimum atomic E-state index is -1.03. The van der Waals surface area contributed by atoms with E-state index in [9.17, 15) is 9.18 Å². The number of halogens is 1. The highest BCUT2D eigenvalue weighted by atomic mass is 19.1. The van der Waals surface area contributed by atoms with E-state index in [1.54, 1.807) is 14.0 Å². The van der Waals surface area contributed by atoms with Crippen LogP contribution in [-0.2, 0) is 16.8 Å². The second kappa shape index (κ2) is 6.11. The van der Waals surface area contributed by atoms with Crippen LogP contribution >= 0.6 is 0 Å². The van der Waals surface area contributed by atoms with Crippen molar-refractivity contribution in [2.75, 3.05) is 7.05 Å². The lowest BCUT2D eigenvalue weighted by molar-refractivity contribution is -0.140. The zero-order valence-corrected chi connectivity index (χ0v) is 15.6. The number of aliphatic imine (C=N–C) groups is 1. The Morgan fingerprint density at radius 2 is 2.00 bits per heavy atom. The zero-order valence-electron chi connectivity index (χ0n) is 15.6. The molecule has 4 nitrogen and oxygen atoms in total. The number of nitrogens with two attached hydrogens (primary N) is 1. The summed E-state index contributed by atoms with van der Waals surface area (Å²) < 4.78 is 14.7. The van der Waals surface area contributed by atoms with Crippen LogP contribution in [0.4, 0.5) is 4.39 Å². The van der Waals surface area contributed by atoms with Crippen LogP contribution < -0.4 is 5.73 Å². The lowest BCUT2D eigenvalue weighted by Crippen LogP contribution is -2.58. The molecule has 0 spiro atoms. The number of amides is 1. The summed E-state index contributed by atoms with van der Waals surface area (Å²) in [5, 5.41) is 0. The van der Waals surface area contributed by atoms with Gasteiger partial charge in [-0.2, -0.15) is 0 Å². The fourth-order valence-electron chi connectivity index (χ4n) is 3.83. The first-order valence-corrected chi connectivity index (χ1v) is 9.09. The molecule has 2 N–H and O–H groups in total. The molecule has 2 aliphatic rings. The number of nitrogens with zero attached hydrogens (tertiary/aromatic N) is 2. The Morgan fingerprint density at radius 3 is 2.60 bits per heavy atom. The number of hydrogen-bond acceptors (Lipinski definition) is 3. The summed E-state index contributed by atoms with van der Waals surface area (Å²) in [6.45, 7) is 5.42. The summed E-state index contributed by atoms with van der Waals surface area (Å²) in [6, 6.07) is 5.23. The van der Waals surface area contributed by atoms with Gasteiger partial charge >= 0.3 is 0 Å². The molecule has 25 heavy (non-hydrogen) atoms. The average molecular weight is 345 g/mol. The first-order chi connectivity index (χ1) is 11.7. The van der Waals surface area contributed by atoms with E-state index >= 15 is 0 Å². The monoisotopic (exact) mass is 345 g/mol. The van der Waals surface area contributed by atoms with Crippen LogP contribution in [0.15, 0.2) is 23.2 Å². The van der Waals surface area contributed by atoms with Crippen LogP contribution in [0, 0.1) is 17.2 Å². The molecule has 1 aromatic carbocycles. The minimum absolute atomic E-state index is 0.131. The van der Waals surface area contributed by atoms with E-state index in [4.69, 9.17) is 5.73 Å². The van der Waals surface area contributed by atoms with Crippen molar-refractivity contribution in [2.45, 2.75) is 58.4 Å². The molecule has 1 saturated carbocycles. The molecule has 0 saturated heterocycles. The normalized spacial score (nSPS) is 26.4. The Labute approximate surface area is 149 Å². The standard InChI is InChI=1S/C20H28FN3O/c1-19(2)17(25)24(4)18(22)23-20(19,3)15-12-14(10-11-16(15)21)9-8-13-6-5-7-13/h10-13H,5-9H2,1-4H3,(H2,22,23)/t20-/m1/s1. The van der Waals surface area contributed by atoms with Crippen LogP contribution in [0.2, 0.25) is 0 Å². The van der Waals surface area contributed by atoms with Gasteiger partial charge in [-0.15, -0.1) is 0 Å². The number of rotatable bonds is 4. The van der Waals surface area contributed by atoms with E-state index in [2.05, 4.69) is 4.99 Å².